The molecule has 0 aromatic heterocycles. The van der Waals surface area contributed by atoms with Gasteiger partial charge in [0.1, 0.15) is 12.6 Å². The van der Waals surface area contributed by atoms with Gasteiger partial charge < -0.3 is 10.2 Å². The second-order valence-corrected chi connectivity index (χ2v) is 13.1. The fraction of sp³-hybridized carbons (Fsp3) is 0.333. The first kappa shape index (κ1) is 35.5. The number of aryl methyl sites for hydroxylation is 1. The summed E-state index contributed by atoms with van der Waals surface area (Å²) in [7, 11) is -4.60. The molecule has 0 radical (unpaired) electrons. The monoisotopic (exact) mass is 691 g/mol. The van der Waals surface area contributed by atoms with Gasteiger partial charge in [-0.15, -0.1) is 0 Å². The third-order valence-corrected chi connectivity index (χ3v) is 9.64. The Bertz CT molecular complexity index is 1580. The van der Waals surface area contributed by atoms with Crippen molar-refractivity contribution in [2.75, 3.05) is 17.4 Å². The van der Waals surface area contributed by atoms with Crippen molar-refractivity contribution in [3.05, 3.63) is 92.4 Å². The molecule has 0 spiro atoms. The van der Waals surface area contributed by atoms with Crippen molar-refractivity contribution in [3.8, 4) is 0 Å². The topological polar surface area (TPSA) is 86.8 Å². The molecule has 0 aliphatic heterocycles. The van der Waals surface area contributed by atoms with E-state index in [9.17, 15) is 31.2 Å². The molecule has 0 saturated heterocycles. The fourth-order valence-corrected chi connectivity index (χ4v) is 6.37. The molecular weight excluding hydrogens is 662 g/mol. The Kier molecular flexibility index (Phi) is 12.0. The summed E-state index contributed by atoms with van der Waals surface area (Å²) in [5.74, 6) is -1.41. The normalized spacial score (nSPS) is 12.5. The van der Waals surface area contributed by atoms with Crippen LogP contribution in [0.25, 0.3) is 0 Å². The minimum absolute atomic E-state index is 0.200. The number of alkyl halides is 3. The predicted octanol–water partition coefficient (Wildman–Crippen LogP) is 7.50. The summed E-state index contributed by atoms with van der Waals surface area (Å²) in [4.78, 5) is 27.9. The predicted molar refractivity (Wildman–Crippen MR) is 167 cm³/mol. The van der Waals surface area contributed by atoms with Crippen LogP contribution in [0.15, 0.2) is 65.6 Å². The highest BCUT2D eigenvalue weighted by Crippen LogP contribution is 2.38. The summed E-state index contributed by atoms with van der Waals surface area (Å²) in [5, 5.41) is 2.49. The molecule has 3 rings (SSSR count). The average molecular weight is 693 g/mol. The second-order valence-electron chi connectivity index (χ2n) is 10.0. The Morgan fingerprint density at radius 3 is 2.14 bits per heavy atom. The molecule has 0 saturated carbocycles. The van der Waals surface area contributed by atoms with Gasteiger partial charge in [0.15, 0.2) is 0 Å². The summed E-state index contributed by atoms with van der Waals surface area (Å²) in [5.41, 5.74) is -0.692. The molecule has 238 valence electrons. The zero-order valence-corrected chi connectivity index (χ0v) is 27.2. The largest absolute Gasteiger partial charge is 0.417 e. The van der Waals surface area contributed by atoms with Gasteiger partial charge in [-0.3, -0.25) is 13.9 Å². The number of benzene rings is 3. The van der Waals surface area contributed by atoms with Crippen LogP contribution in [-0.2, 0) is 32.3 Å². The summed E-state index contributed by atoms with van der Waals surface area (Å²) in [6.45, 7) is 4.22. The lowest BCUT2D eigenvalue weighted by molar-refractivity contribution is -0.139. The number of nitrogens with zero attached hydrogens (tertiary/aromatic N) is 2. The third kappa shape index (κ3) is 8.59. The van der Waals surface area contributed by atoms with E-state index in [1.807, 2.05) is 6.92 Å². The Labute approximate surface area is 269 Å². The van der Waals surface area contributed by atoms with E-state index in [0.29, 0.717) is 28.9 Å². The number of unbranched alkanes of at least 4 members (excludes halogenated alkanes) is 1. The van der Waals surface area contributed by atoms with Crippen LogP contribution in [0.5, 0.6) is 0 Å². The molecule has 7 nitrogen and oxygen atoms in total. The first-order chi connectivity index (χ1) is 20.6. The van der Waals surface area contributed by atoms with Crippen molar-refractivity contribution in [2.24, 2.45) is 0 Å². The number of anilines is 1. The molecule has 1 unspecified atom stereocenters. The maximum absolute atomic E-state index is 14.0. The molecule has 0 aliphatic carbocycles. The van der Waals surface area contributed by atoms with Crippen LogP contribution >= 0.6 is 34.8 Å². The first-order valence-corrected chi connectivity index (χ1v) is 16.1. The number of hydrogen-bond donors (Lipinski definition) is 1. The minimum Gasteiger partial charge on any atom is -0.354 e. The van der Waals surface area contributed by atoms with Crippen molar-refractivity contribution >= 4 is 62.3 Å². The molecule has 1 atom stereocenters. The highest BCUT2D eigenvalue weighted by molar-refractivity contribution is 7.92. The molecule has 0 bridgehead atoms. The van der Waals surface area contributed by atoms with Gasteiger partial charge in [0, 0.05) is 28.7 Å². The van der Waals surface area contributed by atoms with Crippen LogP contribution in [0, 0.1) is 6.92 Å². The van der Waals surface area contributed by atoms with E-state index >= 15 is 0 Å². The summed E-state index contributed by atoms with van der Waals surface area (Å²) >= 11 is 18.5. The number of sulfonamides is 1. The van der Waals surface area contributed by atoms with E-state index in [4.69, 9.17) is 34.8 Å². The molecule has 2 amide bonds. The van der Waals surface area contributed by atoms with Crippen molar-refractivity contribution in [1.82, 2.24) is 10.2 Å². The lowest BCUT2D eigenvalue weighted by Crippen LogP contribution is -2.51. The molecule has 0 fully saturated rings. The highest BCUT2D eigenvalue weighted by Gasteiger charge is 2.37. The molecule has 14 heteroatoms. The molecule has 0 heterocycles. The van der Waals surface area contributed by atoms with Crippen molar-refractivity contribution in [1.29, 1.82) is 0 Å². The zero-order chi connectivity index (χ0) is 32.8. The van der Waals surface area contributed by atoms with Gasteiger partial charge in [0.2, 0.25) is 11.8 Å². The molecule has 3 aromatic carbocycles. The molecule has 1 N–H and O–H groups in total. The van der Waals surface area contributed by atoms with Crippen LogP contribution in [-0.4, -0.2) is 44.3 Å². The molecule has 3 aromatic rings. The van der Waals surface area contributed by atoms with Gasteiger partial charge in [-0.1, -0.05) is 71.9 Å². The lowest BCUT2D eigenvalue weighted by Gasteiger charge is -2.32. The van der Waals surface area contributed by atoms with E-state index in [1.54, 1.807) is 13.0 Å². The fourth-order valence-electron chi connectivity index (χ4n) is 4.22. The van der Waals surface area contributed by atoms with Crippen molar-refractivity contribution in [3.63, 3.8) is 0 Å². The van der Waals surface area contributed by atoms with Gasteiger partial charge in [-0.2, -0.15) is 13.2 Å². The van der Waals surface area contributed by atoms with Gasteiger partial charge in [-0.25, -0.2) is 8.42 Å². The number of hydrogen-bond acceptors (Lipinski definition) is 4. The van der Waals surface area contributed by atoms with Crippen LogP contribution in [0.1, 0.15) is 43.4 Å². The minimum atomic E-state index is -4.91. The van der Waals surface area contributed by atoms with Crippen LogP contribution in [0.4, 0.5) is 18.9 Å². The number of rotatable bonds is 12. The third-order valence-electron chi connectivity index (χ3n) is 6.82. The maximum Gasteiger partial charge on any atom is 0.417 e. The standard InChI is InChI=1S/C30H31Cl3F3N3O4S/c1-4-5-15-37-29(41)20(3)38(17-23-25(31)7-6-8-26(23)32)28(40)18-39(44(42,43)22-12-9-19(2)10-13-22)21-11-14-27(33)24(16-21)30(34,35)36/h6-14,16,20H,4-5,15,17-18H2,1-3H3,(H,37,41). The first-order valence-electron chi connectivity index (χ1n) is 13.5. The zero-order valence-electron chi connectivity index (χ0n) is 24.1. The molecule has 44 heavy (non-hydrogen) atoms. The number of halogens is 6. The molecular formula is C30H31Cl3F3N3O4S. The SMILES string of the molecule is CCCCNC(=O)C(C)N(Cc1c(Cl)cccc1Cl)C(=O)CN(c1ccc(Cl)c(C(F)(F)F)c1)S(=O)(=O)c1ccc(C)cc1. The number of carbonyl (C=O) groups is 2. The Hall–Kier alpha value is -2.99. The van der Waals surface area contributed by atoms with Crippen molar-refractivity contribution in [2.45, 2.75) is 57.3 Å². The Balaban J connectivity index is 2.13. The van der Waals surface area contributed by atoms with Gasteiger partial charge in [0.05, 0.1) is 21.2 Å². The van der Waals surface area contributed by atoms with Crippen molar-refractivity contribution < 1.29 is 31.2 Å². The molecule has 0 aliphatic rings. The van der Waals surface area contributed by atoms with Gasteiger partial charge in [-0.05, 0) is 62.7 Å². The number of amides is 2. The van der Waals surface area contributed by atoms with E-state index in [1.165, 1.54) is 43.3 Å². The van der Waals surface area contributed by atoms with Crippen LogP contribution in [0.2, 0.25) is 15.1 Å². The van der Waals surface area contributed by atoms with E-state index in [2.05, 4.69) is 5.32 Å². The number of nitrogens with one attached hydrogen (secondary N) is 1. The van der Waals surface area contributed by atoms with Crippen LogP contribution < -0.4 is 9.62 Å². The second kappa shape index (κ2) is 14.9. The summed E-state index contributed by atoms with van der Waals surface area (Å²) < 4.78 is 69.8. The maximum atomic E-state index is 14.0. The lowest BCUT2D eigenvalue weighted by atomic mass is 10.1. The Morgan fingerprint density at radius 1 is 0.955 bits per heavy atom. The average Bonchev–Trinajstić information content (AvgIpc) is 2.95. The number of carbonyl (C=O) groups excluding carboxylic acids is 2. The quantitative estimate of drug-likeness (QED) is 0.199. The summed E-state index contributed by atoms with van der Waals surface area (Å²) in [6.07, 6.45) is -3.42. The highest BCUT2D eigenvalue weighted by atomic mass is 35.5. The smallest absolute Gasteiger partial charge is 0.354 e. The van der Waals surface area contributed by atoms with Gasteiger partial charge in [0.25, 0.3) is 10.0 Å². The van der Waals surface area contributed by atoms with E-state index in [0.717, 1.165) is 29.0 Å². The van der Waals surface area contributed by atoms with E-state index < -0.39 is 56.9 Å². The van der Waals surface area contributed by atoms with Gasteiger partial charge >= 0.3 is 6.18 Å². The van der Waals surface area contributed by atoms with E-state index in [-0.39, 0.29) is 21.5 Å². The summed E-state index contributed by atoms with van der Waals surface area (Å²) in [6, 6.07) is 11.7. The van der Waals surface area contributed by atoms with Crippen LogP contribution in [0.3, 0.4) is 0 Å². The Morgan fingerprint density at radius 2 is 1.57 bits per heavy atom.